The van der Waals surface area contributed by atoms with Crippen molar-refractivity contribution in [2.45, 2.75) is 41.5 Å². The molecule has 0 spiro atoms. The highest BCUT2D eigenvalue weighted by Crippen LogP contribution is 2.32. The lowest BCUT2D eigenvalue weighted by molar-refractivity contribution is -0.115. The zero-order chi connectivity index (χ0) is 31.1. The first-order chi connectivity index (χ1) is 21.1. The molecule has 2 heterocycles. The van der Waals surface area contributed by atoms with Gasteiger partial charge in [-0.05, 0) is 100 Å². The van der Waals surface area contributed by atoms with Crippen molar-refractivity contribution in [3.63, 3.8) is 0 Å². The van der Waals surface area contributed by atoms with Crippen molar-refractivity contribution in [1.82, 2.24) is 0 Å². The van der Waals surface area contributed by atoms with Gasteiger partial charge in [0.25, 0.3) is 11.8 Å². The van der Waals surface area contributed by atoms with Gasteiger partial charge >= 0.3 is 0 Å². The molecule has 2 N–H and O–H groups in total. The standard InChI is InChI=1S/C36H34N6O2/c1-21-13-15-27(17-23(21)3)41-35(43)31(25(5)39-41)19-37-33-11-7-10-30-29(33)9-8-12-34(30)38-20-32-26(6)40-42(36(32)44)28-16-14-22(2)24(4)18-28/h7-20,37-38H,1-6H3. The molecule has 0 saturated carbocycles. The van der Waals surface area contributed by atoms with E-state index in [4.69, 9.17) is 0 Å². The van der Waals surface area contributed by atoms with Crippen LogP contribution in [-0.2, 0) is 9.59 Å². The Labute approximate surface area is 257 Å². The molecule has 6 rings (SSSR count). The zero-order valence-electron chi connectivity index (χ0n) is 25.7. The van der Waals surface area contributed by atoms with Crippen LogP contribution in [0.4, 0.5) is 22.7 Å². The molecule has 0 radical (unpaired) electrons. The summed E-state index contributed by atoms with van der Waals surface area (Å²) in [6.07, 6.45) is 3.44. The molecule has 0 atom stereocenters. The minimum Gasteiger partial charge on any atom is -0.360 e. The van der Waals surface area contributed by atoms with E-state index in [0.717, 1.165) is 55.8 Å². The maximum absolute atomic E-state index is 13.3. The highest BCUT2D eigenvalue weighted by Gasteiger charge is 2.30. The maximum atomic E-state index is 13.3. The Kier molecular flexibility index (Phi) is 7.35. The van der Waals surface area contributed by atoms with E-state index in [1.165, 1.54) is 10.0 Å². The highest BCUT2D eigenvalue weighted by molar-refractivity contribution is 6.30. The van der Waals surface area contributed by atoms with Crippen LogP contribution in [0.5, 0.6) is 0 Å². The van der Waals surface area contributed by atoms with Crippen molar-refractivity contribution in [2.24, 2.45) is 10.2 Å². The van der Waals surface area contributed by atoms with Crippen molar-refractivity contribution >= 4 is 56.8 Å². The van der Waals surface area contributed by atoms with Crippen LogP contribution in [0.3, 0.4) is 0 Å². The predicted octanol–water partition coefficient (Wildman–Crippen LogP) is 7.51. The number of nitrogens with zero attached hydrogens (tertiary/aromatic N) is 4. The second-order valence-electron chi connectivity index (χ2n) is 11.3. The first-order valence-corrected chi connectivity index (χ1v) is 14.5. The molecule has 4 aromatic rings. The van der Waals surface area contributed by atoms with E-state index in [9.17, 15) is 9.59 Å². The number of nitrogens with one attached hydrogen (secondary N) is 2. The van der Waals surface area contributed by atoms with Crippen LogP contribution in [0.25, 0.3) is 10.8 Å². The molecule has 0 fully saturated rings. The van der Waals surface area contributed by atoms with Crippen LogP contribution in [0, 0.1) is 27.7 Å². The van der Waals surface area contributed by atoms with E-state index in [1.807, 2.05) is 114 Å². The largest absolute Gasteiger partial charge is 0.360 e. The van der Waals surface area contributed by atoms with Crippen molar-refractivity contribution in [3.8, 4) is 0 Å². The molecule has 2 aliphatic heterocycles. The predicted molar refractivity (Wildman–Crippen MR) is 180 cm³/mol. The third-order valence-corrected chi connectivity index (χ3v) is 8.26. The van der Waals surface area contributed by atoms with Gasteiger partial charge in [0.1, 0.15) is 0 Å². The van der Waals surface area contributed by atoms with Crippen molar-refractivity contribution in [3.05, 3.63) is 119 Å². The van der Waals surface area contributed by atoms with Crippen LogP contribution in [0.1, 0.15) is 36.1 Å². The molecular formula is C36H34N6O2. The second kappa shape index (κ2) is 11.3. The van der Waals surface area contributed by atoms with Gasteiger partial charge < -0.3 is 10.6 Å². The van der Waals surface area contributed by atoms with Gasteiger partial charge in [0, 0.05) is 34.5 Å². The van der Waals surface area contributed by atoms with Crippen LogP contribution >= 0.6 is 0 Å². The van der Waals surface area contributed by atoms with E-state index >= 15 is 0 Å². The summed E-state index contributed by atoms with van der Waals surface area (Å²) in [4.78, 5) is 26.6. The van der Waals surface area contributed by atoms with Gasteiger partial charge in [-0.1, -0.05) is 36.4 Å². The molecule has 4 aromatic carbocycles. The van der Waals surface area contributed by atoms with E-state index in [1.54, 1.807) is 12.4 Å². The molecule has 2 aliphatic rings. The molecule has 0 saturated heterocycles. The fraction of sp³-hybridized carbons (Fsp3) is 0.167. The molecule has 8 nitrogen and oxygen atoms in total. The lowest BCUT2D eigenvalue weighted by atomic mass is 10.1. The van der Waals surface area contributed by atoms with Crippen LogP contribution in [0.15, 0.2) is 107 Å². The number of benzene rings is 4. The number of rotatable bonds is 6. The van der Waals surface area contributed by atoms with Gasteiger partial charge in [0.05, 0.1) is 33.9 Å². The number of carbonyl (C=O) groups is 2. The number of hydrogen-bond acceptors (Lipinski definition) is 6. The number of aryl methyl sites for hydroxylation is 4. The normalized spacial score (nSPS) is 16.8. The van der Waals surface area contributed by atoms with Gasteiger partial charge in [-0.3, -0.25) is 9.59 Å². The summed E-state index contributed by atoms with van der Waals surface area (Å²) in [5, 5.41) is 20.5. The smallest absolute Gasteiger partial charge is 0.282 e. The average molecular weight is 583 g/mol. The van der Waals surface area contributed by atoms with Crippen molar-refractivity contribution in [1.29, 1.82) is 0 Å². The van der Waals surface area contributed by atoms with Crippen molar-refractivity contribution < 1.29 is 9.59 Å². The lowest BCUT2D eigenvalue weighted by Gasteiger charge is -2.14. The van der Waals surface area contributed by atoms with Gasteiger partial charge in [-0.25, -0.2) is 0 Å². The third-order valence-electron chi connectivity index (χ3n) is 8.26. The Morgan fingerprint density at radius 3 is 1.34 bits per heavy atom. The van der Waals surface area contributed by atoms with Crippen LogP contribution in [0.2, 0.25) is 0 Å². The summed E-state index contributed by atoms with van der Waals surface area (Å²) >= 11 is 0. The average Bonchev–Trinajstić information content (AvgIpc) is 3.46. The van der Waals surface area contributed by atoms with Gasteiger partial charge in [-0.15, -0.1) is 0 Å². The summed E-state index contributed by atoms with van der Waals surface area (Å²) < 4.78 is 0. The van der Waals surface area contributed by atoms with E-state index in [0.29, 0.717) is 22.6 Å². The minimum atomic E-state index is -0.180. The SMILES string of the molecule is CC1=NN(c2ccc(C)c(C)c2)C(=O)C1=CNc1cccc2c(NC=C3C(=O)N(c4ccc(C)c(C)c4)N=C3C)cccc12. The van der Waals surface area contributed by atoms with Crippen molar-refractivity contribution in [2.75, 3.05) is 20.7 Å². The Bertz CT molecular complexity index is 1840. The van der Waals surface area contributed by atoms with E-state index in [-0.39, 0.29) is 11.8 Å². The number of amides is 2. The Balaban J connectivity index is 1.23. The highest BCUT2D eigenvalue weighted by atomic mass is 16.2. The molecule has 220 valence electrons. The number of hydrazone groups is 2. The monoisotopic (exact) mass is 582 g/mol. The molecule has 0 aliphatic carbocycles. The molecule has 2 amide bonds. The topological polar surface area (TPSA) is 89.4 Å². The zero-order valence-corrected chi connectivity index (χ0v) is 25.7. The molecule has 0 unspecified atom stereocenters. The number of fused-ring (bicyclic) bond motifs is 1. The number of carbonyl (C=O) groups excluding carboxylic acids is 2. The van der Waals surface area contributed by atoms with Gasteiger partial charge in [0.2, 0.25) is 0 Å². The fourth-order valence-electron chi connectivity index (χ4n) is 5.29. The van der Waals surface area contributed by atoms with E-state index in [2.05, 4.69) is 20.8 Å². The summed E-state index contributed by atoms with van der Waals surface area (Å²) in [6.45, 7) is 11.8. The van der Waals surface area contributed by atoms with Crippen LogP contribution < -0.4 is 20.7 Å². The summed E-state index contributed by atoms with van der Waals surface area (Å²) in [6, 6.07) is 23.6. The molecular weight excluding hydrogens is 548 g/mol. The second-order valence-corrected chi connectivity index (χ2v) is 11.3. The number of anilines is 4. The van der Waals surface area contributed by atoms with Crippen LogP contribution in [-0.4, -0.2) is 23.2 Å². The molecule has 44 heavy (non-hydrogen) atoms. The maximum Gasteiger partial charge on any atom is 0.282 e. The summed E-state index contributed by atoms with van der Waals surface area (Å²) in [7, 11) is 0. The minimum absolute atomic E-state index is 0.180. The quantitative estimate of drug-likeness (QED) is 0.230. The first kappa shape index (κ1) is 28.6. The Morgan fingerprint density at radius 1 is 0.545 bits per heavy atom. The van der Waals surface area contributed by atoms with E-state index < -0.39 is 0 Å². The Hall–Kier alpha value is -5.50. The van der Waals surface area contributed by atoms with Gasteiger partial charge in [-0.2, -0.15) is 20.2 Å². The first-order valence-electron chi connectivity index (χ1n) is 14.5. The summed E-state index contributed by atoms with van der Waals surface area (Å²) in [5.41, 5.74) is 9.99. The number of hydrogen-bond donors (Lipinski definition) is 2. The fourth-order valence-corrected chi connectivity index (χ4v) is 5.29. The lowest BCUT2D eigenvalue weighted by Crippen LogP contribution is -2.22. The molecule has 8 heteroatoms. The summed E-state index contributed by atoms with van der Waals surface area (Å²) in [5.74, 6) is -0.360. The van der Waals surface area contributed by atoms with Gasteiger partial charge in [0.15, 0.2) is 0 Å². The molecule has 0 aromatic heterocycles. The third kappa shape index (κ3) is 5.15. The Morgan fingerprint density at radius 2 is 0.955 bits per heavy atom. The molecule has 0 bridgehead atoms.